The number of aliphatic imine (C=N–C) groups is 1. The minimum absolute atomic E-state index is 0. The molecule has 1 aliphatic rings. The van der Waals surface area contributed by atoms with Gasteiger partial charge in [-0.25, -0.2) is 4.99 Å². The molecule has 0 aromatic heterocycles. The Morgan fingerprint density at radius 3 is 2.56 bits per heavy atom. The van der Waals surface area contributed by atoms with Crippen LogP contribution in [-0.2, 0) is 6.54 Å². The molecule has 27 heavy (non-hydrogen) atoms. The van der Waals surface area contributed by atoms with Gasteiger partial charge in [0.2, 0.25) is 0 Å². The summed E-state index contributed by atoms with van der Waals surface area (Å²) in [5, 5.41) is 16.4. The highest BCUT2D eigenvalue weighted by atomic mass is 127. The third-order valence-corrected chi connectivity index (χ3v) is 4.49. The SMILES string of the molecule is CCCOc1ccc(CN=C(NCC)NC2CCC(O)CC2)cc1OC.I. The fraction of sp³-hybridized carbons (Fsp3) is 0.650. The summed E-state index contributed by atoms with van der Waals surface area (Å²) in [6.07, 6.45) is 4.48. The topological polar surface area (TPSA) is 75.1 Å². The summed E-state index contributed by atoms with van der Waals surface area (Å²) in [7, 11) is 1.66. The van der Waals surface area contributed by atoms with Crippen molar-refractivity contribution in [2.24, 2.45) is 4.99 Å². The molecular formula is C20H34IN3O3. The quantitative estimate of drug-likeness (QED) is 0.295. The molecule has 0 atom stereocenters. The molecule has 1 aromatic carbocycles. The monoisotopic (exact) mass is 491 g/mol. The van der Waals surface area contributed by atoms with E-state index in [-0.39, 0.29) is 30.1 Å². The summed E-state index contributed by atoms with van der Waals surface area (Å²) in [5.41, 5.74) is 1.07. The van der Waals surface area contributed by atoms with Crippen LogP contribution in [0.3, 0.4) is 0 Å². The molecule has 0 saturated heterocycles. The van der Waals surface area contributed by atoms with Gasteiger partial charge in [0.05, 0.1) is 26.4 Å². The molecule has 1 aromatic rings. The molecule has 0 aliphatic heterocycles. The van der Waals surface area contributed by atoms with E-state index in [0.29, 0.717) is 19.2 Å². The number of nitrogens with one attached hydrogen (secondary N) is 2. The van der Waals surface area contributed by atoms with E-state index in [2.05, 4.69) is 24.5 Å². The van der Waals surface area contributed by atoms with Gasteiger partial charge in [-0.3, -0.25) is 0 Å². The average Bonchev–Trinajstić information content (AvgIpc) is 2.66. The van der Waals surface area contributed by atoms with Gasteiger partial charge in [0.25, 0.3) is 0 Å². The summed E-state index contributed by atoms with van der Waals surface area (Å²) in [6, 6.07) is 6.32. The molecule has 0 heterocycles. The van der Waals surface area contributed by atoms with Crippen LogP contribution in [0.5, 0.6) is 11.5 Å². The average molecular weight is 491 g/mol. The zero-order valence-electron chi connectivity index (χ0n) is 16.7. The maximum absolute atomic E-state index is 9.65. The highest BCUT2D eigenvalue weighted by Gasteiger charge is 2.19. The molecular weight excluding hydrogens is 457 g/mol. The number of benzene rings is 1. The Balaban J connectivity index is 0.00000364. The minimum atomic E-state index is -0.145. The highest BCUT2D eigenvalue weighted by molar-refractivity contribution is 14.0. The number of halogens is 1. The molecule has 7 heteroatoms. The predicted octanol–water partition coefficient (Wildman–Crippen LogP) is 3.46. The van der Waals surface area contributed by atoms with Gasteiger partial charge in [-0.2, -0.15) is 0 Å². The van der Waals surface area contributed by atoms with Crippen molar-refractivity contribution in [2.45, 2.75) is 64.6 Å². The minimum Gasteiger partial charge on any atom is -0.493 e. The van der Waals surface area contributed by atoms with Gasteiger partial charge in [-0.15, -0.1) is 24.0 Å². The van der Waals surface area contributed by atoms with Crippen LogP contribution in [0.1, 0.15) is 51.5 Å². The number of aliphatic hydroxyl groups is 1. The van der Waals surface area contributed by atoms with E-state index in [1.807, 2.05) is 18.2 Å². The fourth-order valence-corrected chi connectivity index (χ4v) is 3.05. The largest absolute Gasteiger partial charge is 0.493 e. The third-order valence-electron chi connectivity index (χ3n) is 4.49. The molecule has 0 amide bonds. The molecule has 6 nitrogen and oxygen atoms in total. The molecule has 0 unspecified atom stereocenters. The highest BCUT2D eigenvalue weighted by Crippen LogP contribution is 2.28. The van der Waals surface area contributed by atoms with E-state index in [4.69, 9.17) is 14.5 Å². The lowest BCUT2D eigenvalue weighted by atomic mass is 9.93. The summed E-state index contributed by atoms with van der Waals surface area (Å²) < 4.78 is 11.1. The first-order valence-electron chi connectivity index (χ1n) is 9.68. The van der Waals surface area contributed by atoms with E-state index in [1.165, 1.54) is 0 Å². The van der Waals surface area contributed by atoms with Crippen molar-refractivity contribution in [3.63, 3.8) is 0 Å². The molecule has 2 rings (SSSR count). The number of ether oxygens (including phenoxy) is 2. The van der Waals surface area contributed by atoms with E-state index < -0.39 is 0 Å². The van der Waals surface area contributed by atoms with Crippen molar-refractivity contribution >= 4 is 29.9 Å². The van der Waals surface area contributed by atoms with Crippen LogP contribution in [0.15, 0.2) is 23.2 Å². The van der Waals surface area contributed by atoms with Crippen molar-refractivity contribution in [3.8, 4) is 11.5 Å². The van der Waals surface area contributed by atoms with Gasteiger partial charge in [0.15, 0.2) is 17.5 Å². The van der Waals surface area contributed by atoms with E-state index in [0.717, 1.165) is 61.7 Å². The van der Waals surface area contributed by atoms with E-state index >= 15 is 0 Å². The van der Waals surface area contributed by atoms with E-state index in [9.17, 15) is 5.11 Å². The number of methoxy groups -OCH3 is 1. The molecule has 154 valence electrons. The third kappa shape index (κ3) is 8.13. The van der Waals surface area contributed by atoms with Gasteiger partial charge in [0, 0.05) is 12.6 Å². The Bertz CT molecular complexity index is 576. The van der Waals surface area contributed by atoms with Crippen molar-refractivity contribution < 1.29 is 14.6 Å². The summed E-state index contributed by atoms with van der Waals surface area (Å²) in [4.78, 5) is 4.70. The smallest absolute Gasteiger partial charge is 0.191 e. The van der Waals surface area contributed by atoms with Gasteiger partial charge < -0.3 is 25.2 Å². The molecule has 0 bridgehead atoms. The van der Waals surface area contributed by atoms with Crippen LogP contribution in [-0.4, -0.2) is 43.5 Å². The van der Waals surface area contributed by atoms with Crippen molar-refractivity contribution in [2.75, 3.05) is 20.3 Å². The van der Waals surface area contributed by atoms with Crippen molar-refractivity contribution in [3.05, 3.63) is 23.8 Å². The normalized spacial score (nSPS) is 19.8. The summed E-state index contributed by atoms with van der Waals surface area (Å²) in [5.74, 6) is 2.33. The molecule has 1 saturated carbocycles. The molecule has 0 radical (unpaired) electrons. The molecule has 1 fully saturated rings. The zero-order chi connectivity index (χ0) is 18.8. The second-order valence-corrected chi connectivity index (χ2v) is 6.68. The first-order valence-corrected chi connectivity index (χ1v) is 9.68. The number of hydrogen-bond donors (Lipinski definition) is 3. The molecule has 3 N–H and O–H groups in total. The Morgan fingerprint density at radius 1 is 1.19 bits per heavy atom. The van der Waals surface area contributed by atoms with Crippen molar-refractivity contribution in [1.29, 1.82) is 0 Å². The zero-order valence-corrected chi connectivity index (χ0v) is 19.0. The standard InChI is InChI=1S/C20H33N3O3.HI/c1-4-12-26-18-11-6-15(13-19(18)25-3)14-22-20(21-5-2)23-16-7-9-17(24)10-8-16;/h6,11,13,16-17,24H,4-5,7-10,12,14H2,1-3H3,(H2,21,22,23);1H. The lowest BCUT2D eigenvalue weighted by Gasteiger charge is -2.27. The fourth-order valence-electron chi connectivity index (χ4n) is 3.05. The summed E-state index contributed by atoms with van der Waals surface area (Å²) >= 11 is 0. The lowest BCUT2D eigenvalue weighted by molar-refractivity contribution is 0.120. The van der Waals surface area contributed by atoms with Crippen LogP contribution in [0.25, 0.3) is 0 Å². The lowest BCUT2D eigenvalue weighted by Crippen LogP contribution is -2.45. The molecule has 0 spiro atoms. The first-order chi connectivity index (χ1) is 12.7. The maximum atomic E-state index is 9.65. The van der Waals surface area contributed by atoms with Gasteiger partial charge >= 0.3 is 0 Å². The van der Waals surface area contributed by atoms with Gasteiger partial charge in [-0.05, 0) is 56.7 Å². The Labute approximate surface area is 180 Å². The molecule has 1 aliphatic carbocycles. The number of guanidine groups is 1. The Hall–Kier alpha value is -1.22. The maximum Gasteiger partial charge on any atom is 0.191 e. The van der Waals surface area contributed by atoms with Crippen LogP contribution >= 0.6 is 24.0 Å². The van der Waals surface area contributed by atoms with Gasteiger partial charge in [0.1, 0.15) is 0 Å². The van der Waals surface area contributed by atoms with Gasteiger partial charge in [-0.1, -0.05) is 13.0 Å². The number of nitrogens with zero attached hydrogens (tertiary/aromatic N) is 1. The first kappa shape index (κ1) is 23.8. The Kier molecular flexibility index (Phi) is 11.5. The number of hydrogen-bond acceptors (Lipinski definition) is 4. The van der Waals surface area contributed by atoms with Crippen LogP contribution in [0, 0.1) is 0 Å². The van der Waals surface area contributed by atoms with E-state index in [1.54, 1.807) is 7.11 Å². The second-order valence-electron chi connectivity index (χ2n) is 6.68. The summed E-state index contributed by atoms with van der Waals surface area (Å²) in [6.45, 7) is 6.20. The van der Waals surface area contributed by atoms with Crippen LogP contribution in [0.2, 0.25) is 0 Å². The number of rotatable bonds is 8. The van der Waals surface area contributed by atoms with Crippen LogP contribution < -0.4 is 20.1 Å². The van der Waals surface area contributed by atoms with Crippen LogP contribution in [0.4, 0.5) is 0 Å². The predicted molar refractivity (Wildman–Crippen MR) is 120 cm³/mol. The Morgan fingerprint density at radius 2 is 1.93 bits per heavy atom. The second kappa shape index (κ2) is 13.0. The van der Waals surface area contributed by atoms with Crippen molar-refractivity contribution in [1.82, 2.24) is 10.6 Å². The number of aliphatic hydroxyl groups excluding tert-OH is 1.